The minimum Gasteiger partial charge on any atom is -0.219 e. The van der Waals surface area contributed by atoms with Crippen LogP contribution in [0.25, 0.3) is 0 Å². The molecule has 0 bridgehead atoms. The van der Waals surface area contributed by atoms with Crippen LogP contribution in [-0.2, 0) is 30.1 Å². The van der Waals surface area contributed by atoms with Crippen LogP contribution in [0.2, 0.25) is 0 Å². The third-order valence-electron chi connectivity index (χ3n) is 0.182. The van der Waals surface area contributed by atoms with Crippen LogP contribution in [0.3, 0.4) is 0 Å². The van der Waals surface area contributed by atoms with Crippen molar-refractivity contribution < 1.29 is 35.3 Å². The zero-order chi connectivity index (χ0) is 6.24. The minimum atomic E-state index is 1.17. The first-order chi connectivity index (χ1) is 3.91. The summed E-state index contributed by atoms with van der Waals surface area (Å²) in [6.07, 6.45) is 0. The second kappa shape index (κ2) is 6.72. The van der Waals surface area contributed by atoms with Gasteiger partial charge in [-0.1, -0.05) is 0 Å². The monoisotopic (exact) mass is 128 g/mol. The zero-order valence-corrected chi connectivity index (χ0v) is 3.90. The Labute approximate surface area is 43.8 Å². The maximum atomic E-state index is 7.34. The van der Waals surface area contributed by atoms with E-state index in [0.717, 1.165) is 0 Å². The first-order valence-corrected chi connectivity index (χ1v) is 1.42. The number of hydrogen-bond donors (Lipinski definition) is 1. The predicted molar refractivity (Wildman–Crippen MR) is 15.1 cm³/mol. The molecule has 0 saturated heterocycles. The highest BCUT2D eigenvalue weighted by molar-refractivity contribution is 3.35. The van der Waals surface area contributed by atoms with Gasteiger partial charge in [-0.05, 0) is 25.2 Å². The van der Waals surface area contributed by atoms with Gasteiger partial charge in [0, 0.05) is 0 Å². The Hall–Kier alpha value is -0.280. The third-order valence-corrected chi connectivity index (χ3v) is 0.182. The number of hydrogen-bond acceptors (Lipinski definition) is 7. The van der Waals surface area contributed by atoms with Crippen molar-refractivity contribution in [2.24, 2.45) is 0 Å². The number of rotatable bonds is 5. The standard InChI is InChI=1S/CH4O7/c1-3-5-7-8-6-4-2/h2H,1H3. The first-order valence-electron chi connectivity index (χ1n) is 1.42. The maximum absolute atomic E-state index is 7.34. The molecule has 0 rings (SSSR count). The van der Waals surface area contributed by atoms with Crippen molar-refractivity contribution in [2.75, 3.05) is 7.11 Å². The lowest BCUT2D eigenvalue weighted by Gasteiger charge is -1.92. The van der Waals surface area contributed by atoms with Crippen LogP contribution in [0.15, 0.2) is 0 Å². The van der Waals surface area contributed by atoms with E-state index in [9.17, 15) is 0 Å². The Morgan fingerprint density at radius 3 is 2.12 bits per heavy atom. The van der Waals surface area contributed by atoms with Gasteiger partial charge >= 0.3 is 0 Å². The van der Waals surface area contributed by atoms with E-state index in [1.54, 1.807) is 0 Å². The Morgan fingerprint density at radius 2 is 1.62 bits per heavy atom. The zero-order valence-electron chi connectivity index (χ0n) is 3.90. The lowest BCUT2D eigenvalue weighted by Crippen LogP contribution is -1.96. The quantitative estimate of drug-likeness (QED) is 0.311. The van der Waals surface area contributed by atoms with Crippen LogP contribution in [0.1, 0.15) is 0 Å². The third kappa shape index (κ3) is 5.72. The van der Waals surface area contributed by atoms with Crippen molar-refractivity contribution in [3.05, 3.63) is 0 Å². The molecule has 7 heteroatoms. The van der Waals surface area contributed by atoms with E-state index in [1.807, 2.05) is 0 Å². The SMILES string of the molecule is COOOOOOO. The molecule has 0 radical (unpaired) electrons. The average molecular weight is 128 g/mol. The van der Waals surface area contributed by atoms with Gasteiger partial charge in [0.25, 0.3) is 0 Å². The van der Waals surface area contributed by atoms with E-state index in [2.05, 4.69) is 30.1 Å². The van der Waals surface area contributed by atoms with Crippen molar-refractivity contribution in [3.8, 4) is 0 Å². The average Bonchev–Trinajstić information content (AvgIpc) is 1.81. The van der Waals surface area contributed by atoms with Crippen molar-refractivity contribution in [2.45, 2.75) is 0 Å². The lowest BCUT2D eigenvalue weighted by molar-refractivity contribution is -0.785. The Kier molecular flexibility index (Phi) is 6.48. The van der Waals surface area contributed by atoms with Crippen LogP contribution >= 0.6 is 0 Å². The van der Waals surface area contributed by atoms with Crippen LogP contribution in [0.4, 0.5) is 0 Å². The van der Waals surface area contributed by atoms with Crippen LogP contribution in [-0.4, -0.2) is 12.4 Å². The molecule has 0 amide bonds. The van der Waals surface area contributed by atoms with Gasteiger partial charge in [-0.3, -0.25) is 0 Å². The Morgan fingerprint density at radius 1 is 1.00 bits per heavy atom. The summed E-state index contributed by atoms with van der Waals surface area (Å²) in [7, 11) is 1.17. The molecule has 1 N–H and O–H groups in total. The molecule has 0 aliphatic rings. The van der Waals surface area contributed by atoms with Crippen LogP contribution < -0.4 is 0 Å². The molecule has 0 spiro atoms. The van der Waals surface area contributed by atoms with E-state index in [4.69, 9.17) is 5.26 Å². The van der Waals surface area contributed by atoms with E-state index < -0.39 is 0 Å². The molecule has 0 aliphatic carbocycles. The summed E-state index contributed by atoms with van der Waals surface area (Å²) in [5, 5.41) is 24.0. The molecule has 8 heavy (non-hydrogen) atoms. The molecule has 0 atom stereocenters. The summed E-state index contributed by atoms with van der Waals surface area (Å²) in [5.41, 5.74) is 0. The molecule has 0 unspecified atom stereocenters. The highest BCUT2D eigenvalue weighted by Crippen LogP contribution is 1.81. The fraction of sp³-hybridized carbons (Fsp3) is 1.00. The predicted octanol–water partition coefficient (Wildman–Crippen LogP) is -0.236. The van der Waals surface area contributed by atoms with Crippen LogP contribution in [0, 0.1) is 0 Å². The van der Waals surface area contributed by atoms with Crippen LogP contribution in [0.5, 0.6) is 0 Å². The summed E-state index contributed by atoms with van der Waals surface area (Å²) < 4.78 is 0. The maximum Gasteiger partial charge on any atom is 0.0745 e. The van der Waals surface area contributed by atoms with Crippen molar-refractivity contribution in [3.63, 3.8) is 0 Å². The molecular formula is CH4O7. The second-order valence-electron chi connectivity index (χ2n) is 0.513. The normalized spacial score (nSPS) is 9.75. The highest BCUT2D eigenvalue weighted by Gasteiger charge is 1.85. The van der Waals surface area contributed by atoms with Gasteiger partial charge in [0.05, 0.1) is 7.11 Å². The summed E-state index contributed by atoms with van der Waals surface area (Å²) in [6.45, 7) is 0. The fourth-order valence-electron chi connectivity index (χ4n) is 0.0629. The smallest absolute Gasteiger partial charge is 0.0745 e. The van der Waals surface area contributed by atoms with Crippen molar-refractivity contribution in [1.82, 2.24) is 0 Å². The van der Waals surface area contributed by atoms with E-state index in [-0.39, 0.29) is 0 Å². The minimum absolute atomic E-state index is 1.17. The van der Waals surface area contributed by atoms with Gasteiger partial charge in [0.15, 0.2) is 0 Å². The highest BCUT2D eigenvalue weighted by atomic mass is 17.9. The molecule has 0 aliphatic heterocycles. The van der Waals surface area contributed by atoms with E-state index in [1.165, 1.54) is 7.11 Å². The van der Waals surface area contributed by atoms with Gasteiger partial charge in [0.2, 0.25) is 0 Å². The van der Waals surface area contributed by atoms with Gasteiger partial charge in [-0.25, -0.2) is 10.1 Å². The first kappa shape index (κ1) is 7.72. The molecule has 0 aromatic carbocycles. The summed E-state index contributed by atoms with van der Waals surface area (Å²) in [6, 6.07) is 0. The molecule has 50 valence electrons. The molecule has 7 nitrogen and oxygen atoms in total. The molecule has 0 heterocycles. The van der Waals surface area contributed by atoms with Gasteiger partial charge in [-0.2, -0.15) is 0 Å². The lowest BCUT2D eigenvalue weighted by atomic mass is 11.8. The summed E-state index contributed by atoms with van der Waals surface area (Å²) in [5.74, 6) is 0. The van der Waals surface area contributed by atoms with Crippen molar-refractivity contribution in [1.29, 1.82) is 0 Å². The molecule has 0 aromatic heterocycles. The summed E-state index contributed by atoms with van der Waals surface area (Å²) in [4.78, 5) is 3.82. The van der Waals surface area contributed by atoms with Gasteiger partial charge < -0.3 is 0 Å². The molecule has 0 aromatic rings. The van der Waals surface area contributed by atoms with Crippen molar-refractivity contribution >= 4 is 0 Å². The topological polar surface area (TPSA) is 75.6 Å². The molecule has 0 saturated carbocycles. The summed E-state index contributed by atoms with van der Waals surface area (Å²) >= 11 is 0. The van der Waals surface area contributed by atoms with E-state index in [0.29, 0.717) is 0 Å². The molecular weight excluding hydrogens is 124 g/mol. The second-order valence-corrected chi connectivity index (χ2v) is 0.513. The van der Waals surface area contributed by atoms with Gasteiger partial charge in [-0.15, -0.1) is 0 Å². The Bertz CT molecular complexity index is 29.4. The fourth-order valence-corrected chi connectivity index (χ4v) is 0.0629. The Balaban J connectivity index is 2.53. The van der Waals surface area contributed by atoms with Gasteiger partial charge in [0.1, 0.15) is 0 Å². The van der Waals surface area contributed by atoms with E-state index >= 15 is 0 Å². The molecule has 0 fully saturated rings. The largest absolute Gasteiger partial charge is 0.219 e.